The van der Waals surface area contributed by atoms with E-state index in [0.29, 0.717) is 5.76 Å². The monoisotopic (exact) mass is 208 g/mol. The third-order valence-corrected chi connectivity index (χ3v) is 1.79. The lowest BCUT2D eigenvalue weighted by Gasteiger charge is -2.09. The quantitative estimate of drug-likeness (QED) is 0.828. The highest BCUT2D eigenvalue weighted by atomic mass is 19.4. The minimum atomic E-state index is -4.23. The molecule has 0 spiro atoms. The summed E-state index contributed by atoms with van der Waals surface area (Å²) in [5.74, 6) is 0.762. The van der Waals surface area contributed by atoms with E-state index in [-0.39, 0.29) is 12.2 Å². The second-order valence-electron chi connectivity index (χ2n) is 3.12. The Kier molecular flexibility index (Phi) is 3.21. The maximum Gasteiger partial charge on any atom is 0.389 e. The highest BCUT2D eigenvalue weighted by Gasteiger charge is 2.28. The molecule has 1 N–H and O–H groups in total. The molecule has 14 heavy (non-hydrogen) atoms. The van der Waals surface area contributed by atoms with Gasteiger partial charge < -0.3 is 9.52 Å². The molecule has 1 rings (SSSR count). The highest BCUT2D eigenvalue weighted by molar-refractivity contribution is 5.07. The lowest BCUT2D eigenvalue weighted by Crippen LogP contribution is -2.09. The van der Waals surface area contributed by atoms with Crippen molar-refractivity contribution in [2.24, 2.45) is 0 Å². The van der Waals surface area contributed by atoms with Crippen molar-refractivity contribution in [2.75, 3.05) is 0 Å². The number of hydrogen-bond acceptors (Lipinski definition) is 2. The fourth-order valence-corrected chi connectivity index (χ4v) is 1.08. The predicted octanol–water partition coefficient (Wildman–Crippen LogP) is 2.96. The zero-order chi connectivity index (χ0) is 10.8. The van der Waals surface area contributed by atoms with Gasteiger partial charge in [-0.2, -0.15) is 13.2 Å². The Morgan fingerprint density at radius 2 is 2.07 bits per heavy atom. The van der Waals surface area contributed by atoms with Crippen molar-refractivity contribution >= 4 is 0 Å². The van der Waals surface area contributed by atoms with Gasteiger partial charge in [0, 0.05) is 6.42 Å². The minimum absolute atomic E-state index is 0.187. The molecule has 0 aliphatic carbocycles. The number of alkyl halides is 3. The van der Waals surface area contributed by atoms with Gasteiger partial charge in [0.15, 0.2) is 0 Å². The summed E-state index contributed by atoms with van der Waals surface area (Å²) < 4.78 is 40.4. The zero-order valence-corrected chi connectivity index (χ0v) is 7.64. The lowest BCUT2D eigenvalue weighted by molar-refractivity contribution is -0.140. The Morgan fingerprint density at radius 3 is 2.50 bits per heavy atom. The van der Waals surface area contributed by atoms with Gasteiger partial charge in [-0.15, -0.1) is 0 Å². The molecule has 5 heteroatoms. The van der Waals surface area contributed by atoms with E-state index in [1.807, 2.05) is 0 Å². The topological polar surface area (TPSA) is 33.4 Å². The molecule has 1 aromatic heterocycles. The summed E-state index contributed by atoms with van der Waals surface area (Å²) in [4.78, 5) is 0. The first-order valence-corrected chi connectivity index (χ1v) is 4.19. The second-order valence-corrected chi connectivity index (χ2v) is 3.12. The van der Waals surface area contributed by atoms with Crippen molar-refractivity contribution in [3.8, 4) is 0 Å². The van der Waals surface area contributed by atoms with Gasteiger partial charge in [-0.3, -0.25) is 0 Å². The first-order chi connectivity index (χ1) is 6.38. The Labute approximate surface area is 79.3 Å². The molecule has 0 amide bonds. The fraction of sp³-hybridized carbons (Fsp3) is 0.556. The number of aliphatic hydroxyl groups excluding tert-OH is 1. The predicted molar refractivity (Wildman–Crippen MR) is 43.7 cm³/mol. The summed E-state index contributed by atoms with van der Waals surface area (Å²) in [5.41, 5.74) is 0. The number of aliphatic hydroxyl groups is 1. The summed E-state index contributed by atoms with van der Waals surface area (Å²) in [6.07, 6.45) is -6.78. The SMILES string of the molecule is Cc1ccc([C@H](O)CCC(F)(F)F)o1. The summed E-state index contributed by atoms with van der Waals surface area (Å²) in [5, 5.41) is 9.30. The molecule has 2 nitrogen and oxygen atoms in total. The van der Waals surface area contributed by atoms with Crippen LogP contribution in [0.4, 0.5) is 13.2 Å². The molecule has 0 radical (unpaired) electrons. The van der Waals surface area contributed by atoms with Crippen LogP contribution in [-0.2, 0) is 0 Å². The van der Waals surface area contributed by atoms with Crippen LogP contribution >= 0.6 is 0 Å². The van der Waals surface area contributed by atoms with Crippen LogP contribution in [0.1, 0.15) is 30.5 Å². The van der Waals surface area contributed by atoms with Gasteiger partial charge in [-0.05, 0) is 25.5 Å². The van der Waals surface area contributed by atoms with Gasteiger partial charge in [0.1, 0.15) is 17.6 Å². The van der Waals surface area contributed by atoms with E-state index in [9.17, 15) is 18.3 Å². The van der Waals surface area contributed by atoms with Crippen molar-refractivity contribution in [1.82, 2.24) is 0 Å². The fourth-order valence-electron chi connectivity index (χ4n) is 1.08. The molecule has 1 atom stereocenters. The Bertz CT molecular complexity index is 290. The number of furan rings is 1. The molecule has 80 valence electrons. The molecule has 1 aromatic rings. The van der Waals surface area contributed by atoms with Crippen LogP contribution in [0.15, 0.2) is 16.5 Å². The smallest absolute Gasteiger partial charge is 0.389 e. The van der Waals surface area contributed by atoms with Crippen LogP contribution in [-0.4, -0.2) is 11.3 Å². The normalized spacial score (nSPS) is 14.4. The van der Waals surface area contributed by atoms with E-state index < -0.39 is 18.7 Å². The maximum absolute atomic E-state index is 11.8. The third kappa shape index (κ3) is 3.41. The average Bonchev–Trinajstić information content (AvgIpc) is 2.46. The summed E-state index contributed by atoms with van der Waals surface area (Å²) in [6.45, 7) is 1.67. The molecular formula is C9H11F3O2. The summed E-state index contributed by atoms with van der Waals surface area (Å²) in [7, 11) is 0. The first-order valence-electron chi connectivity index (χ1n) is 4.19. The standard InChI is InChI=1S/C9H11F3O2/c1-6-2-3-8(14-6)7(13)4-5-9(10,11)12/h2-3,7,13H,4-5H2,1H3/t7-/m1/s1. The molecule has 0 saturated heterocycles. The van der Waals surface area contributed by atoms with Crippen LogP contribution in [0.3, 0.4) is 0 Å². The van der Waals surface area contributed by atoms with Crippen LogP contribution < -0.4 is 0 Å². The molecule has 0 saturated carbocycles. The van der Waals surface area contributed by atoms with Gasteiger partial charge in [-0.1, -0.05) is 0 Å². The Balaban J connectivity index is 2.47. The molecule has 0 aromatic carbocycles. The molecule has 1 heterocycles. The number of hydrogen-bond donors (Lipinski definition) is 1. The van der Waals surface area contributed by atoms with Gasteiger partial charge in [0.05, 0.1) is 0 Å². The van der Waals surface area contributed by atoms with Crippen LogP contribution in [0.25, 0.3) is 0 Å². The molecule has 0 aliphatic rings. The largest absolute Gasteiger partial charge is 0.464 e. The highest BCUT2D eigenvalue weighted by Crippen LogP contribution is 2.28. The van der Waals surface area contributed by atoms with Gasteiger partial charge in [0.25, 0.3) is 0 Å². The summed E-state index contributed by atoms with van der Waals surface area (Å²) >= 11 is 0. The third-order valence-electron chi connectivity index (χ3n) is 1.79. The average molecular weight is 208 g/mol. The molecule has 0 bridgehead atoms. The number of aryl methyl sites for hydroxylation is 1. The van der Waals surface area contributed by atoms with E-state index in [1.54, 1.807) is 13.0 Å². The molecule has 0 unspecified atom stereocenters. The van der Waals surface area contributed by atoms with E-state index in [2.05, 4.69) is 0 Å². The van der Waals surface area contributed by atoms with Crippen molar-refractivity contribution in [3.05, 3.63) is 23.7 Å². The van der Waals surface area contributed by atoms with E-state index in [1.165, 1.54) is 6.07 Å². The van der Waals surface area contributed by atoms with Gasteiger partial charge >= 0.3 is 6.18 Å². The first kappa shape index (κ1) is 11.1. The van der Waals surface area contributed by atoms with Crippen molar-refractivity contribution in [2.45, 2.75) is 32.0 Å². The number of halogens is 3. The Hall–Kier alpha value is -0.970. The lowest BCUT2D eigenvalue weighted by atomic mass is 10.1. The van der Waals surface area contributed by atoms with E-state index in [0.717, 1.165) is 0 Å². The number of rotatable bonds is 3. The molecule has 0 aliphatic heterocycles. The van der Waals surface area contributed by atoms with Crippen LogP contribution in [0.5, 0.6) is 0 Å². The van der Waals surface area contributed by atoms with Crippen LogP contribution in [0.2, 0.25) is 0 Å². The van der Waals surface area contributed by atoms with Crippen molar-refractivity contribution < 1.29 is 22.7 Å². The van der Waals surface area contributed by atoms with Crippen molar-refractivity contribution in [3.63, 3.8) is 0 Å². The Morgan fingerprint density at radius 1 is 1.43 bits per heavy atom. The minimum Gasteiger partial charge on any atom is -0.464 e. The zero-order valence-electron chi connectivity index (χ0n) is 7.64. The van der Waals surface area contributed by atoms with E-state index in [4.69, 9.17) is 4.42 Å². The van der Waals surface area contributed by atoms with Gasteiger partial charge in [0.2, 0.25) is 0 Å². The molecular weight excluding hydrogens is 197 g/mol. The molecule has 0 fully saturated rings. The second kappa shape index (κ2) is 4.04. The van der Waals surface area contributed by atoms with E-state index >= 15 is 0 Å². The van der Waals surface area contributed by atoms with Gasteiger partial charge in [-0.25, -0.2) is 0 Å². The van der Waals surface area contributed by atoms with Crippen LogP contribution in [0, 0.1) is 6.92 Å². The maximum atomic E-state index is 11.8. The summed E-state index contributed by atoms with van der Waals surface area (Å²) in [6, 6.07) is 3.09. The van der Waals surface area contributed by atoms with Crippen molar-refractivity contribution in [1.29, 1.82) is 0 Å².